The standard InChI is InChI=1S/C22H14BrN3O3S/c23-19-8-4-5-14(24-19)13-18-20(27)25-22(30)26(21(18)28)15-9-11-17(12-10-15)29-16-6-2-1-3-7-16/h1-13H,(H,25,27,30)/b18-13+. The van der Waals surface area contributed by atoms with E-state index in [0.29, 0.717) is 27.5 Å². The highest BCUT2D eigenvalue weighted by atomic mass is 79.9. The van der Waals surface area contributed by atoms with Crippen LogP contribution < -0.4 is 15.0 Å². The molecule has 0 spiro atoms. The molecule has 0 unspecified atom stereocenters. The van der Waals surface area contributed by atoms with E-state index in [4.69, 9.17) is 17.0 Å². The molecule has 3 aromatic rings. The molecule has 2 heterocycles. The summed E-state index contributed by atoms with van der Waals surface area (Å²) in [5.74, 6) is 0.224. The van der Waals surface area contributed by atoms with Gasteiger partial charge in [0.05, 0.1) is 11.4 Å². The highest BCUT2D eigenvalue weighted by molar-refractivity contribution is 9.10. The number of carbonyl (C=O) groups excluding carboxylic acids is 2. The smallest absolute Gasteiger partial charge is 0.270 e. The van der Waals surface area contributed by atoms with Crippen LogP contribution in [0.1, 0.15) is 5.69 Å². The molecule has 1 aromatic heterocycles. The van der Waals surface area contributed by atoms with Gasteiger partial charge in [0, 0.05) is 0 Å². The molecule has 0 atom stereocenters. The average Bonchev–Trinajstić information content (AvgIpc) is 2.73. The number of aromatic nitrogens is 1. The van der Waals surface area contributed by atoms with Gasteiger partial charge in [-0.25, -0.2) is 4.98 Å². The summed E-state index contributed by atoms with van der Waals surface area (Å²) in [7, 11) is 0. The van der Waals surface area contributed by atoms with Crippen molar-refractivity contribution in [2.24, 2.45) is 0 Å². The van der Waals surface area contributed by atoms with Crippen molar-refractivity contribution < 1.29 is 14.3 Å². The van der Waals surface area contributed by atoms with E-state index >= 15 is 0 Å². The first-order chi connectivity index (χ1) is 14.5. The highest BCUT2D eigenvalue weighted by Gasteiger charge is 2.34. The number of thiocarbonyl (C=S) groups is 1. The lowest BCUT2D eigenvalue weighted by Crippen LogP contribution is -2.54. The number of nitrogens with one attached hydrogen (secondary N) is 1. The molecule has 1 fully saturated rings. The molecule has 6 nitrogen and oxygen atoms in total. The molecule has 0 bridgehead atoms. The molecule has 1 N–H and O–H groups in total. The van der Waals surface area contributed by atoms with Crippen molar-refractivity contribution in [2.45, 2.75) is 0 Å². The van der Waals surface area contributed by atoms with E-state index in [1.165, 1.54) is 11.0 Å². The summed E-state index contributed by atoms with van der Waals surface area (Å²) in [5, 5.41) is 2.57. The third-order valence-electron chi connectivity index (χ3n) is 4.20. The number of anilines is 1. The minimum absolute atomic E-state index is 0.0149. The van der Waals surface area contributed by atoms with Crippen LogP contribution in [0.15, 0.2) is 83.0 Å². The zero-order valence-electron chi connectivity index (χ0n) is 15.4. The fourth-order valence-electron chi connectivity index (χ4n) is 2.83. The molecule has 0 aliphatic carbocycles. The van der Waals surface area contributed by atoms with Gasteiger partial charge < -0.3 is 4.74 Å². The minimum atomic E-state index is -0.563. The first kappa shape index (κ1) is 19.9. The average molecular weight is 480 g/mol. The number of hydrogen-bond acceptors (Lipinski definition) is 5. The van der Waals surface area contributed by atoms with Crippen LogP contribution in [0.4, 0.5) is 5.69 Å². The van der Waals surface area contributed by atoms with E-state index < -0.39 is 11.8 Å². The van der Waals surface area contributed by atoms with E-state index in [9.17, 15) is 9.59 Å². The maximum atomic E-state index is 13.1. The summed E-state index contributed by atoms with van der Waals surface area (Å²) in [6, 6.07) is 21.4. The van der Waals surface area contributed by atoms with Gasteiger partial charge in [0.1, 0.15) is 21.7 Å². The fourth-order valence-corrected chi connectivity index (χ4v) is 3.47. The molecular formula is C22H14BrN3O3S. The van der Waals surface area contributed by atoms with Crippen LogP contribution in [0.3, 0.4) is 0 Å². The monoisotopic (exact) mass is 479 g/mol. The van der Waals surface area contributed by atoms with Crippen molar-refractivity contribution in [3.8, 4) is 11.5 Å². The third kappa shape index (κ3) is 4.29. The minimum Gasteiger partial charge on any atom is -0.457 e. The van der Waals surface area contributed by atoms with Gasteiger partial charge in [0.2, 0.25) is 0 Å². The zero-order chi connectivity index (χ0) is 21.1. The molecule has 0 radical (unpaired) electrons. The van der Waals surface area contributed by atoms with Crippen molar-refractivity contribution in [3.63, 3.8) is 0 Å². The van der Waals surface area contributed by atoms with Crippen molar-refractivity contribution in [2.75, 3.05) is 4.90 Å². The molecule has 8 heteroatoms. The molecule has 4 rings (SSSR count). The van der Waals surface area contributed by atoms with Gasteiger partial charge in [-0.1, -0.05) is 24.3 Å². The number of carbonyl (C=O) groups is 2. The van der Waals surface area contributed by atoms with Gasteiger partial charge in [0.15, 0.2) is 5.11 Å². The second-order valence-electron chi connectivity index (χ2n) is 6.25. The largest absolute Gasteiger partial charge is 0.457 e. The van der Waals surface area contributed by atoms with Crippen LogP contribution in [-0.4, -0.2) is 21.9 Å². The lowest BCUT2D eigenvalue weighted by atomic mass is 10.1. The Balaban J connectivity index is 1.60. The SMILES string of the molecule is O=C1NC(=S)N(c2ccc(Oc3ccccc3)cc2)C(=O)/C1=C/c1cccc(Br)n1. The van der Waals surface area contributed by atoms with Crippen molar-refractivity contribution in [1.82, 2.24) is 10.3 Å². The Bertz CT molecular complexity index is 1160. The zero-order valence-corrected chi connectivity index (χ0v) is 17.8. The quantitative estimate of drug-likeness (QED) is 0.258. The second kappa shape index (κ2) is 8.56. The maximum Gasteiger partial charge on any atom is 0.270 e. The Morgan fingerprint density at radius 2 is 1.63 bits per heavy atom. The number of pyridine rings is 1. The lowest BCUT2D eigenvalue weighted by molar-refractivity contribution is -0.122. The molecule has 1 saturated heterocycles. The second-order valence-corrected chi connectivity index (χ2v) is 7.45. The van der Waals surface area contributed by atoms with Gasteiger partial charge in [-0.05, 0) is 82.8 Å². The topological polar surface area (TPSA) is 71.5 Å². The maximum absolute atomic E-state index is 13.1. The van der Waals surface area contributed by atoms with Gasteiger partial charge >= 0.3 is 0 Å². The summed E-state index contributed by atoms with van der Waals surface area (Å²) >= 11 is 8.51. The van der Waals surface area contributed by atoms with Crippen molar-refractivity contribution >= 4 is 56.8 Å². The number of ether oxygens (including phenoxy) is 1. The Hall–Kier alpha value is -3.36. The van der Waals surface area contributed by atoms with E-state index in [1.807, 2.05) is 30.3 Å². The van der Waals surface area contributed by atoms with Crippen LogP contribution in [0.2, 0.25) is 0 Å². The Morgan fingerprint density at radius 3 is 2.33 bits per heavy atom. The van der Waals surface area contributed by atoms with Crippen LogP contribution >= 0.6 is 28.1 Å². The number of para-hydroxylation sites is 1. The molecule has 148 valence electrons. The summed E-state index contributed by atoms with van der Waals surface area (Å²) in [4.78, 5) is 30.9. The molecule has 30 heavy (non-hydrogen) atoms. The number of benzene rings is 2. The molecule has 2 amide bonds. The van der Waals surface area contributed by atoms with E-state index in [0.717, 1.165) is 0 Å². The number of amides is 2. The summed E-state index contributed by atoms with van der Waals surface area (Å²) in [6.45, 7) is 0. The third-order valence-corrected chi connectivity index (χ3v) is 4.93. The van der Waals surface area contributed by atoms with Crippen LogP contribution in [0.5, 0.6) is 11.5 Å². The lowest BCUT2D eigenvalue weighted by Gasteiger charge is -2.29. The van der Waals surface area contributed by atoms with Crippen molar-refractivity contribution in [1.29, 1.82) is 0 Å². The van der Waals surface area contributed by atoms with E-state index in [1.54, 1.807) is 42.5 Å². The first-order valence-electron chi connectivity index (χ1n) is 8.88. The predicted molar refractivity (Wildman–Crippen MR) is 121 cm³/mol. The summed E-state index contributed by atoms with van der Waals surface area (Å²) in [6.07, 6.45) is 1.43. The number of nitrogens with zero attached hydrogens (tertiary/aromatic N) is 2. The Labute approximate surface area is 186 Å². The number of halogens is 1. The Morgan fingerprint density at radius 1 is 0.933 bits per heavy atom. The van der Waals surface area contributed by atoms with Gasteiger partial charge in [-0.15, -0.1) is 0 Å². The van der Waals surface area contributed by atoms with Crippen LogP contribution in [0, 0.1) is 0 Å². The van der Waals surface area contributed by atoms with Crippen molar-refractivity contribution in [3.05, 3.63) is 88.7 Å². The normalized spacial score (nSPS) is 15.3. The van der Waals surface area contributed by atoms with Gasteiger partial charge in [0.25, 0.3) is 11.8 Å². The number of hydrogen-bond donors (Lipinski definition) is 1. The van der Waals surface area contributed by atoms with E-state index in [2.05, 4.69) is 26.2 Å². The van der Waals surface area contributed by atoms with Gasteiger partial charge in [-0.3, -0.25) is 19.8 Å². The molecule has 0 saturated carbocycles. The van der Waals surface area contributed by atoms with Gasteiger partial charge in [-0.2, -0.15) is 0 Å². The summed E-state index contributed by atoms with van der Waals surface area (Å²) in [5.41, 5.74) is 0.930. The Kier molecular flexibility index (Phi) is 5.69. The molecule has 1 aliphatic heterocycles. The van der Waals surface area contributed by atoms with E-state index in [-0.39, 0.29) is 10.7 Å². The fraction of sp³-hybridized carbons (Fsp3) is 0. The van der Waals surface area contributed by atoms with Crippen LogP contribution in [-0.2, 0) is 9.59 Å². The first-order valence-corrected chi connectivity index (χ1v) is 10.1. The highest BCUT2D eigenvalue weighted by Crippen LogP contribution is 2.27. The molecule has 2 aromatic carbocycles. The molecular weight excluding hydrogens is 466 g/mol. The summed E-state index contributed by atoms with van der Waals surface area (Å²) < 4.78 is 6.37. The van der Waals surface area contributed by atoms with Crippen LogP contribution in [0.25, 0.3) is 6.08 Å². The molecule has 1 aliphatic rings. The number of rotatable bonds is 4. The predicted octanol–water partition coefficient (Wildman–Crippen LogP) is 4.47.